The summed E-state index contributed by atoms with van der Waals surface area (Å²) in [6.07, 6.45) is 98.9. The fraction of sp³-hybridized carbons (Fsp3) is 0.645. The standard InChI is InChI=1S/C76H124O6/c1-4-7-10-13-16-19-21-23-25-27-29-31-33-35-37-38-40-41-43-45-47-49-51-53-55-57-60-63-66-69-75(78)81-72-73(71-80-74(77)68-65-62-59-18-15-12-9-6-3)82-76(79)70-67-64-61-58-56-54-52-50-48-46-44-42-39-36-34-32-30-28-26-24-22-20-17-14-11-8-5-2/h7,10,16,19,22-25,28-31,34-37,40-41,45,47,51,53,57,60,73H,4-6,8-9,11-15,17-18,20-21,26-27,32-33,38-39,42-44,46,48-50,52,54-56,58-59,61-72H2,1-3H3/b10-7-,19-16-,24-22-,25-23-,30-28-,31-29-,36-34-,37-35-,41-40-,47-45-,53-51-,60-57-. The molecule has 0 aromatic heterocycles. The van der Waals surface area contributed by atoms with Gasteiger partial charge in [-0.3, -0.25) is 14.4 Å². The second-order valence-corrected chi connectivity index (χ2v) is 22.0. The van der Waals surface area contributed by atoms with Crippen LogP contribution in [0.15, 0.2) is 146 Å². The van der Waals surface area contributed by atoms with Crippen LogP contribution in [0.4, 0.5) is 0 Å². The number of unbranched alkanes of at least 4 members (excludes halogenated alkanes) is 25. The molecule has 0 aliphatic heterocycles. The predicted molar refractivity (Wildman–Crippen MR) is 357 cm³/mol. The second-order valence-electron chi connectivity index (χ2n) is 22.0. The van der Waals surface area contributed by atoms with Gasteiger partial charge in [-0.25, -0.2) is 0 Å². The zero-order valence-corrected chi connectivity index (χ0v) is 53.2. The van der Waals surface area contributed by atoms with Crippen molar-refractivity contribution in [3.63, 3.8) is 0 Å². The third kappa shape index (κ3) is 66.1. The lowest BCUT2D eigenvalue weighted by Crippen LogP contribution is -2.30. The molecule has 0 saturated carbocycles. The van der Waals surface area contributed by atoms with E-state index in [0.717, 1.165) is 116 Å². The number of ether oxygens (including phenoxy) is 3. The fourth-order valence-electron chi connectivity index (χ4n) is 9.04. The van der Waals surface area contributed by atoms with Gasteiger partial charge >= 0.3 is 17.9 Å². The van der Waals surface area contributed by atoms with Gasteiger partial charge in [0.2, 0.25) is 0 Å². The largest absolute Gasteiger partial charge is 0.462 e. The zero-order valence-electron chi connectivity index (χ0n) is 53.2. The minimum absolute atomic E-state index is 0.0995. The molecule has 0 aromatic carbocycles. The number of allylic oxidation sites excluding steroid dienone is 24. The van der Waals surface area contributed by atoms with Gasteiger partial charge in [0.25, 0.3) is 0 Å². The van der Waals surface area contributed by atoms with E-state index in [9.17, 15) is 14.4 Å². The van der Waals surface area contributed by atoms with Crippen molar-refractivity contribution in [1.29, 1.82) is 0 Å². The summed E-state index contributed by atoms with van der Waals surface area (Å²) in [5.74, 6) is -0.967. The first-order chi connectivity index (χ1) is 40.5. The molecule has 82 heavy (non-hydrogen) atoms. The molecule has 464 valence electrons. The minimum Gasteiger partial charge on any atom is -0.462 e. The van der Waals surface area contributed by atoms with Crippen LogP contribution in [0.2, 0.25) is 0 Å². The Morgan fingerprint density at radius 1 is 0.256 bits per heavy atom. The summed E-state index contributed by atoms with van der Waals surface area (Å²) >= 11 is 0. The first-order valence-electron chi connectivity index (χ1n) is 33.8. The van der Waals surface area contributed by atoms with Gasteiger partial charge < -0.3 is 14.2 Å². The van der Waals surface area contributed by atoms with Gasteiger partial charge in [-0.1, -0.05) is 301 Å². The van der Waals surface area contributed by atoms with Crippen LogP contribution in [-0.4, -0.2) is 37.2 Å². The Balaban J connectivity index is 4.29. The Morgan fingerprint density at radius 3 is 0.793 bits per heavy atom. The van der Waals surface area contributed by atoms with Gasteiger partial charge in [0.1, 0.15) is 13.2 Å². The number of esters is 3. The average molecular weight is 1130 g/mol. The SMILES string of the molecule is CC/C=C\C/C=C\C/C=C\C/C=C\C/C=C\C/C=C\C/C=C\C/C=C\C/C=C\CCCC(=O)OCC(COC(=O)CCCCCCCCCC)OC(=O)CCCCCCCCCCCCCC/C=C\C/C=C\C/C=C\CCCCCCC. The van der Waals surface area contributed by atoms with Gasteiger partial charge in [0, 0.05) is 19.3 Å². The van der Waals surface area contributed by atoms with E-state index >= 15 is 0 Å². The molecule has 1 unspecified atom stereocenters. The van der Waals surface area contributed by atoms with Crippen LogP contribution in [0.1, 0.15) is 297 Å². The van der Waals surface area contributed by atoms with E-state index in [1.807, 2.05) is 0 Å². The molecule has 0 saturated heterocycles. The first-order valence-corrected chi connectivity index (χ1v) is 33.8. The van der Waals surface area contributed by atoms with Gasteiger partial charge in [-0.05, 0) is 122 Å². The van der Waals surface area contributed by atoms with Crippen molar-refractivity contribution in [1.82, 2.24) is 0 Å². The third-order valence-electron chi connectivity index (χ3n) is 14.1. The van der Waals surface area contributed by atoms with Crippen LogP contribution in [0.5, 0.6) is 0 Å². The molecular formula is C76H124O6. The highest BCUT2D eigenvalue weighted by molar-refractivity contribution is 5.71. The van der Waals surface area contributed by atoms with Crippen molar-refractivity contribution in [2.75, 3.05) is 13.2 Å². The molecule has 0 fully saturated rings. The lowest BCUT2D eigenvalue weighted by molar-refractivity contribution is -0.167. The van der Waals surface area contributed by atoms with Gasteiger partial charge in [0.05, 0.1) is 0 Å². The van der Waals surface area contributed by atoms with Crippen molar-refractivity contribution < 1.29 is 28.6 Å². The molecule has 0 heterocycles. The van der Waals surface area contributed by atoms with Crippen molar-refractivity contribution in [3.8, 4) is 0 Å². The third-order valence-corrected chi connectivity index (χ3v) is 14.1. The van der Waals surface area contributed by atoms with E-state index in [2.05, 4.69) is 167 Å². The molecular weight excluding hydrogens is 1010 g/mol. The van der Waals surface area contributed by atoms with E-state index in [1.165, 1.54) is 135 Å². The first kappa shape index (κ1) is 77.3. The molecule has 0 bridgehead atoms. The lowest BCUT2D eigenvalue weighted by Gasteiger charge is -2.18. The zero-order chi connectivity index (χ0) is 59.2. The molecule has 0 aromatic rings. The van der Waals surface area contributed by atoms with Crippen molar-refractivity contribution >= 4 is 17.9 Å². The maximum absolute atomic E-state index is 12.9. The number of carbonyl (C=O) groups is 3. The number of hydrogen-bond acceptors (Lipinski definition) is 6. The molecule has 0 N–H and O–H groups in total. The summed E-state index contributed by atoms with van der Waals surface area (Å²) < 4.78 is 16.8. The molecule has 0 rings (SSSR count). The summed E-state index contributed by atoms with van der Waals surface area (Å²) in [5, 5.41) is 0. The van der Waals surface area contributed by atoms with Gasteiger partial charge in [0.15, 0.2) is 6.10 Å². The Labute approximate surface area is 506 Å². The average Bonchev–Trinajstić information content (AvgIpc) is 3.47. The molecule has 1 atom stereocenters. The Morgan fingerprint density at radius 2 is 0.488 bits per heavy atom. The van der Waals surface area contributed by atoms with E-state index in [0.29, 0.717) is 19.3 Å². The molecule has 0 radical (unpaired) electrons. The summed E-state index contributed by atoms with van der Waals surface area (Å²) in [4.78, 5) is 38.2. The minimum atomic E-state index is -0.807. The molecule has 6 heteroatoms. The number of rotatable bonds is 60. The quantitative estimate of drug-likeness (QED) is 0.0261. The molecule has 0 aliphatic carbocycles. The maximum atomic E-state index is 12.9. The highest BCUT2D eigenvalue weighted by Gasteiger charge is 2.19. The van der Waals surface area contributed by atoms with E-state index < -0.39 is 6.10 Å². The molecule has 6 nitrogen and oxygen atoms in total. The predicted octanol–water partition coefficient (Wildman–Crippen LogP) is 23.5. The van der Waals surface area contributed by atoms with Gasteiger partial charge in [-0.2, -0.15) is 0 Å². The second kappa shape index (κ2) is 68.8. The number of carbonyl (C=O) groups excluding carboxylic acids is 3. The van der Waals surface area contributed by atoms with Crippen LogP contribution < -0.4 is 0 Å². The summed E-state index contributed by atoms with van der Waals surface area (Å²) in [6, 6.07) is 0. The van der Waals surface area contributed by atoms with Crippen LogP contribution in [0, 0.1) is 0 Å². The maximum Gasteiger partial charge on any atom is 0.306 e. The Bertz CT molecular complexity index is 1780. The van der Waals surface area contributed by atoms with Crippen LogP contribution >= 0.6 is 0 Å². The normalized spacial score (nSPS) is 13.1. The summed E-state index contributed by atoms with van der Waals surface area (Å²) in [6.45, 7) is 6.44. The monoisotopic (exact) mass is 1130 g/mol. The van der Waals surface area contributed by atoms with Crippen LogP contribution in [0.25, 0.3) is 0 Å². The summed E-state index contributed by atoms with van der Waals surface area (Å²) in [7, 11) is 0. The highest BCUT2D eigenvalue weighted by Crippen LogP contribution is 2.15. The Kier molecular flexibility index (Phi) is 64.8. The molecule has 0 aliphatic rings. The lowest BCUT2D eigenvalue weighted by atomic mass is 10.0. The topological polar surface area (TPSA) is 78.9 Å². The number of hydrogen-bond donors (Lipinski definition) is 0. The van der Waals surface area contributed by atoms with E-state index in [1.54, 1.807) is 0 Å². The van der Waals surface area contributed by atoms with E-state index in [-0.39, 0.29) is 37.5 Å². The Hall–Kier alpha value is -4.71. The van der Waals surface area contributed by atoms with Crippen LogP contribution in [-0.2, 0) is 28.6 Å². The van der Waals surface area contributed by atoms with Gasteiger partial charge in [-0.15, -0.1) is 0 Å². The van der Waals surface area contributed by atoms with Crippen molar-refractivity contribution in [3.05, 3.63) is 146 Å². The van der Waals surface area contributed by atoms with E-state index in [4.69, 9.17) is 14.2 Å². The van der Waals surface area contributed by atoms with Crippen molar-refractivity contribution in [2.24, 2.45) is 0 Å². The molecule has 0 spiro atoms. The summed E-state index contributed by atoms with van der Waals surface area (Å²) in [5.41, 5.74) is 0. The smallest absolute Gasteiger partial charge is 0.306 e. The van der Waals surface area contributed by atoms with Crippen molar-refractivity contribution in [2.45, 2.75) is 303 Å². The highest BCUT2D eigenvalue weighted by atomic mass is 16.6. The molecule has 0 amide bonds. The van der Waals surface area contributed by atoms with Crippen LogP contribution in [0.3, 0.4) is 0 Å². The fourth-order valence-corrected chi connectivity index (χ4v) is 9.04.